The number of aromatic nitrogens is 2. The molecule has 1 rings (SSSR count). The lowest BCUT2D eigenvalue weighted by molar-refractivity contribution is -0.107. The van der Waals surface area contributed by atoms with Gasteiger partial charge in [-0.05, 0) is 20.3 Å². The van der Waals surface area contributed by atoms with E-state index in [1.54, 1.807) is 0 Å². The lowest BCUT2D eigenvalue weighted by atomic mass is 10.2. The third-order valence-corrected chi connectivity index (χ3v) is 2.51. The van der Waals surface area contributed by atoms with Crippen molar-refractivity contribution in [3.8, 4) is 0 Å². The molecule has 4 heteroatoms. The topological polar surface area (TPSA) is 38.1 Å². The number of hydrogen-bond acceptors (Lipinski definition) is 3. The highest BCUT2D eigenvalue weighted by molar-refractivity contribution is 5.49. The first-order chi connectivity index (χ1) is 7.07. The van der Waals surface area contributed by atoms with Gasteiger partial charge in [0.2, 0.25) is 0 Å². The second kappa shape index (κ2) is 4.96. The Morgan fingerprint density at radius 1 is 1.40 bits per heavy atom. The molecule has 1 aromatic rings. The van der Waals surface area contributed by atoms with Gasteiger partial charge in [0, 0.05) is 32.6 Å². The molecule has 0 aromatic carbocycles. The fourth-order valence-corrected chi connectivity index (χ4v) is 1.71. The summed E-state index contributed by atoms with van der Waals surface area (Å²) in [4.78, 5) is 12.3. The summed E-state index contributed by atoms with van der Waals surface area (Å²) in [7, 11) is 4.03. The van der Waals surface area contributed by atoms with E-state index in [1.807, 2.05) is 25.7 Å². The molecule has 0 fully saturated rings. The summed E-state index contributed by atoms with van der Waals surface area (Å²) in [6.45, 7) is 4.90. The number of rotatable bonds is 5. The van der Waals surface area contributed by atoms with E-state index in [2.05, 4.69) is 16.9 Å². The van der Waals surface area contributed by atoms with Crippen LogP contribution in [0.25, 0.3) is 0 Å². The molecule has 0 saturated carbocycles. The van der Waals surface area contributed by atoms with Gasteiger partial charge in [-0.25, -0.2) is 4.68 Å². The minimum Gasteiger partial charge on any atom is -0.363 e. The van der Waals surface area contributed by atoms with Gasteiger partial charge in [0.25, 0.3) is 0 Å². The maximum Gasteiger partial charge on any atom is 0.129 e. The van der Waals surface area contributed by atoms with E-state index >= 15 is 0 Å². The molecule has 0 amide bonds. The molecule has 1 heterocycles. The van der Waals surface area contributed by atoms with Crippen LogP contribution in [-0.2, 0) is 11.3 Å². The van der Waals surface area contributed by atoms with Crippen molar-refractivity contribution < 1.29 is 4.79 Å². The van der Waals surface area contributed by atoms with Gasteiger partial charge in [-0.2, -0.15) is 5.10 Å². The van der Waals surface area contributed by atoms with Gasteiger partial charge in [-0.3, -0.25) is 0 Å². The van der Waals surface area contributed by atoms with E-state index in [9.17, 15) is 4.79 Å². The van der Waals surface area contributed by atoms with Crippen molar-refractivity contribution in [3.05, 3.63) is 11.3 Å². The molecule has 1 aromatic heterocycles. The fraction of sp³-hybridized carbons (Fsp3) is 0.636. The van der Waals surface area contributed by atoms with Crippen molar-refractivity contribution in [2.45, 2.75) is 33.2 Å². The maximum atomic E-state index is 10.2. The van der Waals surface area contributed by atoms with Gasteiger partial charge >= 0.3 is 0 Å². The van der Waals surface area contributed by atoms with Crippen molar-refractivity contribution in [2.75, 3.05) is 19.0 Å². The minimum absolute atomic E-state index is 0.602. The standard InChI is InChI=1S/C11H19N3O/c1-9-10(2)12-14(7-5-6-8-15)11(9)13(3)4/h8H,5-7H2,1-4H3. The van der Waals surface area contributed by atoms with Crippen LogP contribution in [0.5, 0.6) is 0 Å². The average Bonchev–Trinajstić information content (AvgIpc) is 2.43. The molecule has 0 atom stereocenters. The van der Waals surface area contributed by atoms with Gasteiger partial charge in [0.15, 0.2) is 0 Å². The van der Waals surface area contributed by atoms with Gasteiger partial charge in [0.1, 0.15) is 12.1 Å². The van der Waals surface area contributed by atoms with E-state index in [-0.39, 0.29) is 0 Å². The highest BCUT2D eigenvalue weighted by Gasteiger charge is 2.12. The zero-order valence-electron chi connectivity index (χ0n) is 9.95. The van der Waals surface area contributed by atoms with Crippen molar-refractivity contribution in [1.82, 2.24) is 9.78 Å². The Morgan fingerprint density at radius 2 is 2.07 bits per heavy atom. The largest absolute Gasteiger partial charge is 0.363 e. The predicted molar refractivity (Wildman–Crippen MR) is 61.3 cm³/mol. The van der Waals surface area contributed by atoms with Crippen molar-refractivity contribution >= 4 is 12.1 Å². The number of carbonyl (C=O) groups is 1. The van der Waals surface area contributed by atoms with Gasteiger partial charge in [-0.15, -0.1) is 0 Å². The molecule has 0 N–H and O–H groups in total. The normalized spacial score (nSPS) is 10.4. The Balaban J connectivity index is 2.86. The summed E-state index contributed by atoms with van der Waals surface area (Å²) in [5.74, 6) is 1.14. The first-order valence-corrected chi connectivity index (χ1v) is 5.23. The molecule has 0 aliphatic heterocycles. The van der Waals surface area contributed by atoms with Crippen molar-refractivity contribution in [3.63, 3.8) is 0 Å². The van der Waals surface area contributed by atoms with Crippen LogP contribution in [-0.4, -0.2) is 30.2 Å². The van der Waals surface area contributed by atoms with E-state index in [4.69, 9.17) is 0 Å². The van der Waals surface area contributed by atoms with Gasteiger partial charge in [-0.1, -0.05) is 0 Å². The maximum absolute atomic E-state index is 10.2. The van der Waals surface area contributed by atoms with Crippen LogP contribution in [0.4, 0.5) is 5.82 Å². The van der Waals surface area contributed by atoms with Crippen LogP contribution < -0.4 is 4.90 Å². The second-order valence-electron chi connectivity index (χ2n) is 3.96. The number of nitrogens with zero attached hydrogens (tertiary/aromatic N) is 3. The number of anilines is 1. The first-order valence-electron chi connectivity index (χ1n) is 5.23. The Kier molecular flexibility index (Phi) is 3.88. The number of carbonyl (C=O) groups excluding carboxylic acids is 1. The minimum atomic E-state index is 0.602. The Bertz CT molecular complexity index is 342. The van der Waals surface area contributed by atoms with E-state index in [0.29, 0.717) is 6.42 Å². The molecule has 0 saturated heterocycles. The zero-order chi connectivity index (χ0) is 11.4. The Hall–Kier alpha value is -1.32. The van der Waals surface area contributed by atoms with Crippen LogP contribution >= 0.6 is 0 Å². The van der Waals surface area contributed by atoms with E-state index in [0.717, 1.165) is 30.8 Å². The number of hydrogen-bond donors (Lipinski definition) is 0. The van der Waals surface area contributed by atoms with Crippen LogP contribution in [0.2, 0.25) is 0 Å². The molecule has 4 nitrogen and oxygen atoms in total. The summed E-state index contributed by atoms with van der Waals surface area (Å²) in [6.07, 6.45) is 2.41. The highest BCUT2D eigenvalue weighted by atomic mass is 16.1. The summed E-state index contributed by atoms with van der Waals surface area (Å²) >= 11 is 0. The lowest BCUT2D eigenvalue weighted by Crippen LogP contribution is -2.16. The average molecular weight is 209 g/mol. The zero-order valence-corrected chi connectivity index (χ0v) is 9.95. The second-order valence-corrected chi connectivity index (χ2v) is 3.96. The highest BCUT2D eigenvalue weighted by Crippen LogP contribution is 2.21. The number of unbranched alkanes of at least 4 members (excludes halogenated alkanes) is 1. The molecule has 0 radical (unpaired) electrons. The monoisotopic (exact) mass is 209 g/mol. The SMILES string of the molecule is Cc1nn(CCCC=O)c(N(C)C)c1C. The fourth-order valence-electron chi connectivity index (χ4n) is 1.71. The Morgan fingerprint density at radius 3 is 2.60 bits per heavy atom. The molecular weight excluding hydrogens is 190 g/mol. The molecule has 0 aliphatic carbocycles. The molecule has 0 spiro atoms. The summed E-state index contributed by atoms with van der Waals surface area (Å²) in [6, 6.07) is 0. The third-order valence-electron chi connectivity index (χ3n) is 2.51. The van der Waals surface area contributed by atoms with Crippen LogP contribution in [0, 0.1) is 13.8 Å². The van der Waals surface area contributed by atoms with E-state index in [1.165, 1.54) is 5.56 Å². The molecule has 0 unspecified atom stereocenters. The van der Waals surface area contributed by atoms with Gasteiger partial charge in [0.05, 0.1) is 5.69 Å². The van der Waals surface area contributed by atoms with Crippen LogP contribution in [0.1, 0.15) is 24.1 Å². The molecule has 15 heavy (non-hydrogen) atoms. The summed E-state index contributed by atoms with van der Waals surface area (Å²) in [5.41, 5.74) is 2.27. The van der Waals surface area contributed by atoms with E-state index < -0.39 is 0 Å². The quantitative estimate of drug-likeness (QED) is 0.545. The van der Waals surface area contributed by atoms with Crippen molar-refractivity contribution in [2.24, 2.45) is 0 Å². The molecule has 0 bridgehead atoms. The molecule has 0 aliphatic rings. The third kappa shape index (κ3) is 2.58. The summed E-state index contributed by atoms with van der Waals surface area (Å²) < 4.78 is 1.98. The lowest BCUT2D eigenvalue weighted by Gasteiger charge is -2.15. The van der Waals surface area contributed by atoms with Gasteiger partial charge < -0.3 is 9.69 Å². The predicted octanol–water partition coefficient (Wildman–Crippen LogP) is 1.55. The first kappa shape index (κ1) is 11.8. The van der Waals surface area contributed by atoms with Crippen LogP contribution in [0.3, 0.4) is 0 Å². The smallest absolute Gasteiger partial charge is 0.129 e. The van der Waals surface area contributed by atoms with Crippen molar-refractivity contribution in [1.29, 1.82) is 0 Å². The van der Waals surface area contributed by atoms with Crippen LogP contribution in [0.15, 0.2) is 0 Å². The number of aldehydes is 1. The summed E-state index contributed by atoms with van der Waals surface area (Å²) in [5, 5.41) is 4.46. The molecular formula is C11H19N3O. The molecule has 84 valence electrons. The number of aryl methyl sites for hydroxylation is 2. The Labute approximate surface area is 90.9 Å².